The molecule has 0 radical (unpaired) electrons. The number of nitrogens with one attached hydrogen (secondary N) is 1. The van der Waals surface area contributed by atoms with Gasteiger partial charge in [-0.2, -0.15) is 0 Å². The molecule has 0 saturated heterocycles. The Bertz CT molecular complexity index is 610. The van der Waals surface area contributed by atoms with E-state index in [2.05, 4.69) is 24.4 Å². The Morgan fingerprint density at radius 3 is 2.04 bits per heavy atom. The Balaban J connectivity index is 1.90. The van der Waals surface area contributed by atoms with Crippen LogP contribution < -0.4 is 5.32 Å². The first-order valence-corrected chi connectivity index (χ1v) is 8.61. The minimum Gasteiger partial charge on any atom is -0.393 e. The molecular weight excluding hydrogens is 298 g/mol. The van der Waals surface area contributed by atoms with Gasteiger partial charge >= 0.3 is 0 Å². The molecule has 1 amide bonds. The van der Waals surface area contributed by atoms with Crippen LogP contribution in [-0.4, -0.2) is 23.7 Å². The van der Waals surface area contributed by atoms with Gasteiger partial charge in [-0.3, -0.25) is 4.79 Å². The quantitative estimate of drug-likeness (QED) is 0.774. The van der Waals surface area contributed by atoms with Crippen molar-refractivity contribution >= 4 is 5.91 Å². The molecule has 128 valence electrons. The summed E-state index contributed by atoms with van der Waals surface area (Å²) < 4.78 is 0. The van der Waals surface area contributed by atoms with E-state index in [1.165, 1.54) is 5.56 Å². The second-order valence-electron chi connectivity index (χ2n) is 6.51. The number of aliphatic hydroxyl groups is 1. The Morgan fingerprint density at radius 1 is 0.958 bits per heavy atom. The number of carbonyl (C=O) groups is 1. The molecule has 24 heavy (non-hydrogen) atoms. The van der Waals surface area contributed by atoms with E-state index < -0.39 is 6.10 Å². The van der Waals surface area contributed by atoms with Crippen LogP contribution in [-0.2, 0) is 4.79 Å². The first-order valence-electron chi connectivity index (χ1n) is 8.61. The molecule has 3 heteroatoms. The zero-order valence-electron chi connectivity index (χ0n) is 14.5. The van der Waals surface area contributed by atoms with E-state index in [0.717, 1.165) is 5.56 Å². The summed E-state index contributed by atoms with van der Waals surface area (Å²) >= 11 is 0. The molecule has 3 nitrogen and oxygen atoms in total. The molecule has 0 aliphatic rings. The first kappa shape index (κ1) is 18.2. The number of benzene rings is 2. The smallest absolute Gasteiger partial charge is 0.220 e. The molecule has 0 aliphatic carbocycles. The summed E-state index contributed by atoms with van der Waals surface area (Å²) in [5, 5.41) is 12.8. The average molecular weight is 325 g/mol. The van der Waals surface area contributed by atoms with Gasteiger partial charge in [0.2, 0.25) is 5.91 Å². The molecule has 0 heterocycles. The van der Waals surface area contributed by atoms with Gasteiger partial charge in [-0.1, -0.05) is 67.6 Å². The summed E-state index contributed by atoms with van der Waals surface area (Å²) in [6.45, 7) is 4.41. The van der Waals surface area contributed by atoms with Gasteiger partial charge < -0.3 is 10.4 Å². The van der Waals surface area contributed by atoms with E-state index in [4.69, 9.17) is 0 Å². The topological polar surface area (TPSA) is 49.3 Å². The molecular formula is C21H27NO2. The molecule has 0 aliphatic heterocycles. The summed E-state index contributed by atoms with van der Waals surface area (Å²) in [5.41, 5.74) is 2.33. The summed E-state index contributed by atoms with van der Waals surface area (Å²) in [5.74, 6) is 0.373. The standard InChI is InChI=1S/C21H27NO2/c1-16(18-9-5-3-6-10-18)13-21(24)22-15-20(14-17(2)23)19-11-7-4-8-12-19/h3-12,16-17,20,23H,13-15H2,1-2H3,(H,22,24). The third-order valence-electron chi connectivity index (χ3n) is 4.30. The maximum absolute atomic E-state index is 12.3. The molecule has 3 unspecified atom stereocenters. The lowest BCUT2D eigenvalue weighted by atomic mass is 9.93. The van der Waals surface area contributed by atoms with Crippen LogP contribution in [0.2, 0.25) is 0 Å². The van der Waals surface area contributed by atoms with E-state index in [-0.39, 0.29) is 17.7 Å². The highest BCUT2D eigenvalue weighted by atomic mass is 16.3. The maximum atomic E-state index is 12.3. The zero-order valence-corrected chi connectivity index (χ0v) is 14.5. The van der Waals surface area contributed by atoms with Crippen LogP contribution in [0.15, 0.2) is 60.7 Å². The van der Waals surface area contributed by atoms with Gasteiger partial charge in [-0.05, 0) is 30.4 Å². The molecule has 2 N–H and O–H groups in total. The third kappa shape index (κ3) is 5.82. The highest BCUT2D eigenvalue weighted by molar-refractivity contribution is 5.76. The van der Waals surface area contributed by atoms with E-state index in [0.29, 0.717) is 19.4 Å². The minimum atomic E-state index is -0.393. The summed E-state index contributed by atoms with van der Waals surface area (Å²) in [6.07, 6.45) is 0.717. The van der Waals surface area contributed by atoms with Crippen molar-refractivity contribution in [3.8, 4) is 0 Å². The normalized spacial score (nSPS) is 14.6. The van der Waals surface area contributed by atoms with Crippen molar-refractivity contribution in [1.82, 2.24) is 5.32 Å². The number of rotatable bonds is 8. The second-order valence-corrected chi connectivity index (χ2v) is 6.51. The van der Waals surface area contributed by atoms with Gasteiger partial charge in [-0.15, -0.1) is 0 Å². The summed E-state index contributed by atoms with van der Waals surface area (Å²) in [6, 6.07) is 20.1. The third-order valence-corrected chi connectivity index (χ3v) is 4.30. The summed E-state index contributed by atoms with van der Waals surface area (Å²) in [7, 11) is 0. The predicted molar refractivity (Wildman–Crippen MR) is 98.0 cm³/mol. The molecule has 0 bridgehead atoms. The molecule has 0 saturated carbocycles. The van der Waals surface area contributed by atoms with Crippen molar-refractivity contribution in [3.63, 3.8) is 0 Å². The number of aliphatic hydroxyl groups excluding tert-OH is 1. The van der Waals surface area contributed by atoms with Crippen LogP contribution in [0.5, 0.6) is 0 Å². The maximum Gasteiger partial charge on any atom is 0.220 e. The number of carbonyl (C=O) groups excluding carboxylic acids is 1. The molecule has 3 atom stereocenters. The largest absolute Gasteiger partial charge is 0.393 e. The SMILES string of the molecule is CC(O)CC(CNC(=O)CC(C)c1ccccc1)c1ccccc1. The monoisotopic (exact) mass is 325 g/mol. The predicted octanol–water partition coefficient (Wildman–Crippen LogP) is 3.85. The van der Waals surface area contributed by atoms with Crippen molar-refractivity contribution in [2.45, 2.75) is 44.6 Å². The number of hydrogen-bond acceptors (Lipinski definition) is 2. The lowest BCUT2D eigenvalue weighted by Crippen LogP contribution is -2.30. The van der Waals surface area contributed by atoms with E-state index in [1.807, 2.05) is 48.5 Å². The average Bonchev–Trinajstić information content (AvgIpc) is 2.59. The van der Waals surface area contributed by atoms with E-state index in [1.54, 1.807) is 6.92 Å². The second kappa shape index (κ2) is 9.24. The molecule has 0 aromatic heterocycles. The van der Waals surface area contributed by atoms with Crippen molar-refractivity contribution in [1.29, 1.82) is 0 Å². The van der Waals surface area contributed by atoms with Gasteiger partial charge in [0.1, 0.15) is 0 Å². The first-order chi connectivity index (χ1) is 11.6. The van der Waals surface area contributed by atoms with Gasteiger partial charge in [0.05, 0.1) is 6.10 Å². The Labute approximate surface area is 144 Å². The van der Waals surface area contributed by atoms with E-state index in [9.17, 15) is 9.90 Å². The molecule has 2 aromatic rings. The Kier molecular flexibility index (Phi) is 7.01. The van der Waals surface area contributed by atoms with Crippen LogP contribution in [0.25, 0.3) is 0 Å². The number of amides is 1. The summed E-state index contributed by atoms with van der Waals surface area (Å²) in [4.78, 5) is 12.3. The minimum absolute atomic E-state index is 0.0536. The molecule has 2 aromatic carbocycles. The molecule has 0 spiro atoms. The lowest BCUT2D eigenvalue weighted by Gasteiger charge is -2.20. The van der Waals surface area contributed by atoms with Crippen molar-refractivity contribution in [3.05, 3.63) is 71.8 Å². The van der Waals surface area contributed by atoms with Crippen LogP contribution in [0.1, 0.15) is 49.7 Å². The van der Waals surface area contributed by atoms with Crippen LogP contribution >= 0.6 is 0 Å². The van der Waals surface area contributed by atoms with Gasteiger partial charge in [0.25, 0.3) is 0 Å². The Morgan fingerprint density at radius 2 is 1.50 bits per heavy atom. The van der Waals surface area contributed by atoms with Crippen molar-refractivity contribution in [2.75, 3.05) is 6.54 Å². The lowest BCUT2D eigenvalue weighted by molar-refractivity contribution is -0.121. The fourth-order valence-corrected chi connectivity index (χ4v) is 2.96. The Hall–Kier alpha value is -2.13. The molecule has 0 fully saturated rings. The van der Waals surface area contributed by atoms with Gasteiger partial charge in [0, 0.05) is 18.9 Å². The highest BCUT2D eigenvalue weighted by Gasteiger charge is 2.16. The van der Waals surface area contributed by atoms with Gasteiger partial charge in [0.15, 0.2) is 0 Å². The van der Waals surface area contributed by atoms with Gasteiger partial charge in [-0.25, -0.2) is 0 Å². The van der Waals surface area contributed by atoms with Crippen LogP contribution in [0.3, 0.4) is 0 Å². The van der Waals surface area contributed by atoms with Crippen LogP contribution in [0.4, 0.5) is 0 Å². The van der Waals surface area contributed by atoms with E-state index >= 15 is 0 Å². The molecule has 2 rings (SSSR count). The fraction of sp³-hybridized carbons (Fsp3) is 0.381. The van der Waals surface area contributed by atoms with Crippen LogP contribution in [0, 0.1) is 0 Å². The number of hydrogen-bond donors (Lipinski definition) is 2. The highest BCUT2D eigenvalue weighted by Crippen LogP contribution is 2.21. The fourth-order valence-electron chi connectivity index (χ4n) is 2.96. The van der Waals surface area contributed by atoms with Crippen molar-refractivity contribution < 1.29 is 9.90 Å². The van der Waals surface area contributed by atoms with Crippen molar-refractivity contribution in [2.24, 2.45) is 0 Å². The zero-order chi connectivity index (χ0) is 17.4.